The van der Waals surface area contributed by atoms with Gasteiger partial charge in [0.15, 0.2) is 0 Å². The van der Waals surface area contributed by atoms with Gasteiger partial charge in [0.05, 0.1) is 5.52 Å². The molecule has 1 unspecified atom stereocenters. The van der Waals surface area contributed by atoms with Crippen LogP contribution in [0.5, 0.6) is 0 Å². The summed E-state index contributed by atoms with van der Waals surface area (Å²) < 4.78 is 0. The molecule has 3 nitrogen and oxygen atoms in total. The van der Waals surface area contributed by atoms with E-state index in [9.17, 15) is 0 Å². The van der Waals surface area contributed by atoms with Crippen LogP contribution in [0.15, 0.2) is 24.3 Å². The summed E-state index contributed by atoms with van der Waals surface area (Å²) >= 11 is 0. The minimum atomic E-state index is 0.510. The highest BCUT2D eigenvalue weighted by atomic mass is 15.1. The maximum absolute atomic E-state index is 5.70. The number of aromatic nitrogens is 1. The minimum Gasteiger partial charge on any atom is -0.377 e. The number of pyridine rings is 1. The van der Waals surface area contributed by atoms with E-state index in [0.29, 0.717) is 5.92 Å². The predicted octanol–water partition coefficient (Wildman–Crippen LogP) is 2.75. The molecule has 2 N–H and O–H groups in total. The third-order valence-corrected chi connectivity index (χ3v) is 3.45. The second kappa shape index (κ2) is 5.57. The van der Waals surface area contributed by atoms with Crippen LogP contribution in [0.3, 0.4) is 0 Å². The van der Waals surface area contributed by atoms with Gasteiger partial charge < -0.3 is 10.6 Å². The molecule has 0 saturated heterocycles. The summed E-state index contributed by atoms with van der Waals surface area (Å²) in [4.78, 5) is 6.79. The quantitative estimate of drug-likeness (QED) is 0.915. The molecule has 2 aromatic rings. The molecule has 0 aliphatic carbocycles. The average molecular weight is 257 g/mol. The van der Waals surface area contributed by atoms with Gasteiger partial charge in [-0.3, -0.25) is 4.98 Å². The summed E-state index contributed by atoms with van der Waals surface area (Å²) in [5.41, 5.74) is 10.4. The van der Waals surface area contributed by atoms with Crippen molar-refractivity contribution in [2.75, 3.05) is 25.5 Å². The molecule has 0 radical (unpaired) electrons. The lowest BCUT2D eigenvalue weighted by Gasteiger charge is -2.17. The minimum absolute atomic E-state index is 0.510. The van der Waals surface area contributed by atoms with Crippen molar-refractivity contribution >= 4 is 16.6 Å². The van der Waals surface area contributed by atoms with E-state index in [0.717, 1.165) is 24.2 Å². The van der Waals surface area contributed by atoms with E-state index in [-0.39, 0.29) is 0 Å². The fourth-order valence-electron chi connectivity index (χ4n) is 2.37. The highest BCUT2D eigenvalue weighted by Crippen LogP contribution is 2.26. The monoisotopic (exact) mass is 257 g/mol. The Hall–Kier alpha value is -1.61. The van der Waals surface area contributed by atoms with Gasteiger partial charge in [0.2, 0.25) is 0 Å². The summed E-state index contributed by atoms with van der Waals surface area (Å²) in [7, 11) is 4.14. The van der Waals surface area contributed by atoms with Crippen molar-refractivity contribution in [3.63, 3.8) is 0 Å². The Morgan fingerprint density at radius 1 is 1.26 bits per heavy atom. The largest absolute Gasteiger partial charge is 0.377 e. The number of aryl methyl sites for hydroxylation is 1. The van der Waals surface area contributed by atoms with Gasteiger partial charge in [0, 0.05) is 30.9 Å². The van der Waals surface area contributed by atoms with Crippen LogP contribution >= 0.6 is 0 Å². The number of nitrogens with two attached hydrogens (primary N) is 1. The number of hydrogen-bond donors (Lipinski definition) is 1. The molecule has 0 fully saturated rings. The van der Waals surface area contributed by atoms with Crippen LogP contribution in [0.4, 0.5) is 5.69 Å². The van der Waals surface area contributed by atoms with Crippen molar-refractivity contribution in [1.82, 2.24) is 4.98 Å². The fraction of sp³-hybridized carbons (Fsp3) is 0.438. The van der Waals surface area contributed by atoms with Gasteiger partial charge in [-0.15, -0.1) is 0 Å². The van der Waals surface area contributed by atoms with E-state index in [1.807, 2.05) is 6.92 Å². The molecule has 1 heterocycles. The summed E-state index contributed by atoms with van der Waals surface area (Å²) in [6.45, 7) is 4.95. The summed E-state index contributed by atoms with van der Waals surface area (Å²) in [6, 6.07) is 8.69. The number of nitrogens with zero attached hydrogens (tertiary/aromatic N) is 2. The van der Waals surface area contributed by atoms with Gasteiger partial charge in [-0.25, -0.2) is 0 Å². The second-order valence-electron chi connectivity index (χ2n) is 5.57. The molecule has 3 heteroatoms. The van der Waals surface area contributed by atoms with Crippen molar-refractivity contribution < 1.29 is 0 Å². The van der Waals surface area contributed by atoms with Gasteiger partial charge in [0.25, 0.3) is 0 Å². The maximum Gasteiger partial charge on any atom is 0.0728 e. The van der Waals surface area contributed by atoms with Gasteiger partial charge in [-0.05, 0) is 43.5 Å². The Labute approximate surface area is 115 Å². The molecule has 0 aliphatic heterocycles. The number of hydrogen-bond acceptors (Lipinski definition) is 3. The summed E-state index contributed by atoms with van der Waals surface area (Å²) in [5, 5.41) is 1.21. The van der Waals surface area contributed by atoms with Crippen LogP contribution < -0.4 is 10.6 Å². The zero-order valence-corrected chi connectivity index (χ0v) is 12.3. The third-order valence-electron chi connectivity index (χ3n) is 3.45. The lowest BCUT2D eigenvalue weighted by Crippen LogP contribution is -2.13. The molecule has 1 aromatic carbocycles. The van der Waals surface area contributed by atoms with E-state index < -0.39 is 0 Å². The van der Waals surface area contributed by atoms with Crippen molar-refractivity contribution in [3.8, 4) is 0 Å². The SMILES string of the molecule is Cc1cc(N(C)C)c2ccc(CC(C)CN)cc2n1. The van der Waals surface area contributed by atoms with E-state index in [1.165, 1.54) is 16.6 Å². The zero-order valence-electron chi connectivity index (χ0n) is 12.3. The lowest BCUT2D eigenvalue weighted by molar-refractivity contribution is 0.593. The summed E-state index contributed by atoms with van der Waals surface area (Å²) in [5.74, 6) is 0.510. The molecular formula is C16H23N3. The number of anilines is 1. The van der Waals surface area contributed by atoms with Crippen molar-refractivity contribution in [3.05, 3.63) is 35.5 Å². The molecule has 1 aromatic heterocycles. The van der Waals surface area contributed by atoms with Gasteiger partial charge in [0.1, 0.15) is 0 Å². The molecule has 102 valence electrons. The first-order valence-corrected chi connectivity index (χ1v) is 6.79. The second-order valence-corrected chi connectivity index (χ2v) is 5.57. The van der Waals surface area contributed by atoms with E-state index in [4.69, 9.17) is 5.73 Å². The predicted molar refractivity (Wildman–Crippen MR) is 82.7 cm³/mol. The molecule has 0 aliphatic rings. The van der Waals surface area contributed by atoms with Crippen LogP contribution in [0.2, 0.25) is 0 Å². The van der Waals surface area contributed by atoms with Gasteiger partial charge in [-0.1, -0.05) is 19.1 Å². The van der Waals surface area contributed by atoms with Gasteiger partial charge in [-0.2, -0.15) is 0 Å². The highest BCUT2D eigenvalue weighted by Gasteiger charge is 2.08. The van der Waals surface area contributed by atoms with Crippen molar-refractivity contribution in [2.24, 2.45) is 11.7 Å². The normalized spacial score (nSPS) is 12.7. The maximum atomic E-state index is 5.70. The third kappa shape index (κ3) is 3.04. The van der Waals surface area contributed by atoms with E-state index >= 15 is 0 Å². The first-order valence-electron chi connectivity index (χ1n) is 6.79. The highest BCUT2D eigenvalue weighted by molar-refractivity contribution is 5.92. The molecule has 2 rings (SSSR count). The van der Waals surface area contributed by atoms with Crippen molar-refractivity contribution in [2.45, 2.75) is 20.3 Å². The zero-order chi connectivity index (χ0) is 14.0. The van der Waals surface area contributed by atoms with Crippen LogP contribution in [0.25, 0.3) is 10.9 Å². The average Bonchev–Trinajstić information content (AvgIpc) is 2.37. The summed E-state index contributed by atoms with van der Waals surface area (Å²) in [6.07, 6.45) is 1.01. The Bertz CT molecular complexity index is 575. The van der Waals surface area contributed by atoms with E-state index in [2.05, 4.69) is 55.2 Å². The van der Waals surface area contributed by atoms with Crippen molar-refractivity contribution in [1.29, 1.82) is 0 Å². The van der Waals surface area contributed by atoms with Crippen LogP contribution in [-0.4, -0.2) is 25.6 Å². The first kappa shape index (κ1) is 13.8. The van der Waals surface area contributed by atoms with Gasteiger partial charge >= 0.3 is 0 Å². The molecule has 0 spiro atoms. The Morgan fingerprint density at radius 3 is 2.63 bits per heavy atom. The number of fused-ring (bicyclic) bond motifs is 1. The molecule has 0 bridgehead atoms. The lowest BCUT2D eigenvalue weighted by atomic mass is 9.99. The number of benzene rings is 1. The molecule has 0 saturated carbocycles. The van der Waals surface area contributed by atoms with Crippen LogP contribution in [0.1, 0.15) is 18.2 Å². The molecular weight excluding hydrogens is 234 g/mol. The Morgan fingerprint density at radius 2 is 2.00 bits per heavy atom. The molecule has 0 amide bonds. The van der Waals surface area contributed by atoms with Crippen LogP contribution in [0, 0.1) is 12.8 Å². The van der Waals surface area contributed by atoms with E-state index in [1.54, 1.807) is 0 Å². The van der Waals surface area contributed by atoms with Crippen LogP contribution in [-0.2, 0) is 6.42 Å². The fourth-order valence-corrected chi connectivity index (χ4v) is 2.37. The molecule has 19 heavy (non-hydrogen) atoms. The Balaban J connectivity index is 2.48. The number of rotatable bonds is 4. The smallest absolute Gasteiger partial charge is 0.0728 e. The Kier molecular flexibility index (Phi) is 4.05. The molecule has 1 atom stereocenters. The first-order chi connectivity index (χ1) is 9.01. The topological polar surface area (TPSA) is 42.1 Å². The standard InChI is InChI=1S/C16H23N3/c1-11(10-17)7-13-5-6-14-15(9-13)18-12(2)8-16(14)19(3)4/h5-6,8-9,11H,7,10,17H2,1-4H3.